The number of ether oxygens (including phenoxy) is 1. The van der Waals surface area contributed by atoms with Gasteiger partial charge in [0.1, 0.15) is 13.2 Å². The third-order valence-corrected chi connectivity index (χ3v) is 5.22. The van der Waals surface area contributed by atoms with Crippen LogP contribution in [0.15, 0.2) is 66.1 Å². The van der Waals surface area contributed by atoms with Gasteiger partial charge in [-0.25, -0.2) is 4.39 Å². The summed E-state index contributed by atoms with van der Waals surface area (Å²) in [6.45, 7) is 2.18. The van der Waals surface area contributed by atoms with Gasteiger partial charge in [0.15, 0.2) is 11.6 Å². The van der Waals surface area contributed by atoms with Crippen LogP contribution in [-0.2, 0) is 16.1 Å². The zero-order valence-electron chi connectivity index (χ0n) is 16.4. The van der Waals surface area contributed by atoms with Crippen LogP contribution < -0.4 is 10.2 Å². The van der Waals surface area contributed by atoms with Gasteiger partial charge in [0.25, 0.3) is 0 Å². The summed E-state index contributed by atoms with van der Waals surface area (Å²) < 4.78 is 19.6. The van der Waals surface area contributed by atoms with E-state index in [1.165, 1.54) is 17.0 Å². The minimum atomic E-state index is -1.10. The van der Waals surface area contributed by atoms with Crippen molar-refractivity contribution in [1.29, 1.82) is 0 Å². The van der Waals surface area contributed by atoms with E-state index in [0.29, 0.717) is 0 Å². The van der Waals surface area contributed by atoms with E-state index in [0.717, 1.165) is 16.8 Å². The first kappa shape index (κ1) is 21.5. The Kier molecular flexibility index (Phi) is 7.59. The highest BCUT2D eigenvalue weighted by Gasteiger charge is 2.12. The number of allylic oxidation sites excluding steroid dienone is 1. The molecule has 0 atom stereocenters. The number of carboxylic acid groups (broad SMARTS) is 1. The summed E-state index contributed by atoms with van der Waals surface area (Å²) in [5.74, 6) is -1.75. The number of benzene rings is 2. The first-order valence-electron chi connectivity index (χ1n) is 9.39. The predicted octanol–water partition coefficient (Wildman–Crippen LogP) is 5.14. The summed E-state index contributed by atoms with van der Waals surface area (Å²) in [5.41, 5.74) is 5.92. The maximum atomic E-state index is 14.2. The first-order chi connectivity index (χ1) is 14.6. The van der Waals surface area contributed by atoms with Crippen LogP contribution in [0.5, 0.6) is 5.75 Å². The van der Waals surface area contributed by atoms with Crippen molar-refractivity contribution in [2.45, 2.75) is 13.3 Å². The minimum absolute atomic E-state index is 0.00720. The fraction of sp³-hybridized carbons (Fsp3) is 0.174. The Hall–Kier alpha value is -3.16. The summed E-state index contributed by atoms with van der Waals surface area (Å²) in [7, 11) is 0. The molecule has 0 aliphatic heterocycles. The number of nitrogens with one attached hydrogen (secondary N) is 1. The van der Waals surface area contributed by atoms with E-state index in [4.69, 9.17) is 14.7 Å². The Bertz CT molecular complexity index is 1000. The number of hydrogen-bond donors (Lipinski definition) is 2. The lowest BCUT2D eigenvalue weighted by Gasteiger charge is -2.13. The highest BCUT2D eigenvalue weighted by atomic mass is 32.1. The number of carbonyl (C=O) groups is 1. The van der Waals surface area contributed by atoms with Crippen LogP contribution in [0.25, 0.3) is 16.1 Å². The van der Waals surface area contributed by atoms with Gasteiger partial charge in [-0.2, -0.15) is 0 Å². The van der Waals surface area contributed by atoms with Gasteiger partial charge in [0.05, 0.1) is 12.1 Å². The van der Waals surface area contributed by atoms with Crippen molar-refractivity contribution in [3.05, 3.63) is 83.0 Å². The van der Waals surface area contributed by atoms with Crippen LogP contribution in [0.1, 0.15) is 18.1 Å². The lowest BCUT2D eigenvalue weighted by Crippen LogP contribution is -2.18. The van der Waals surface area contributed by atoms with Gasteiger partial charge in [-0.1, -0.05) is 48.5 Å². The molecule has 2 N–H and O–H groups in total. The Labute approximate surface area is 178 Å². The fourth-order valence-corrected chi connectivity index (χ4v) is 3.56. The maximum absolute atomic E-state index is 14.2. The summed E-state index contributed by atoms with van der Waals surface area (Å²) in [6.07, 6.45) is 1.51. The first-order valence-corrected chi connectivity index (χ1v) is 10.3. The molecular formula is C23H22FNO4S. The number of carboxylic acids is 1. The molecule has 7 heteroatoms. The largest absolute Gasteiger partial charge is 0.488 e. The number of halogens is 1. The second-order valence-corrected chi connectivity index (χ2v) is 7.30. The lowest BCUT2D eigenvalue weighted by molar-refractivity contribution is -0.136. The van der Waals surface area contributed by atoms with Crippen molar-refractivity contribution < 1.29 is 23.9 Å². The van der Waals surface area contributed by atoms with Gasteiger partial charge in [0.2, 0.25) is 0 Å². The second-order valence-electron chi connectivity index (χ2n) is 6.36. The van der Waals surface area contributed by atoms with Crippen LogP contribution in [0.2, 0.25) is 0 Å². The highest BCUT2D eigenvalue weighted by molar-refractivity contribution is 7.13. The predicted molar refractivity (Wildman–Crippen MR) is 116 cm³/mol. The van der Waals surface area contributed by atoms with Gasteiger partial charge < -0.3 is 9.84 Å². The van der Waals surface area contributed by atoms with Crippen molar-refractivity contribution in [3.63, 3.8) is 0 Å². The molecule has 0 aliphatic rings. The van der Waals surface area contributed by atoms with Gasteiger partial charge >= 0.3 is 5.97 Å². The molecule has 3 aromatic rings. The summed E-state index contributed by atoms with van der Waals surface area (Å²) in [4.78, 5) is 17.4. The zero-order chi connectivity index (χ0) is 21.3. The SMILES string of the molecule is CC=C(NOCCOc1cccc(CC(=O)O)c1F)c1ccc(-c2cccs2)cc1. The Balaban J connectivity index is 1.48. The molecule has 0 fully saturated rings. The van der Waals surface area contributed by atoms with E-state index in [2.05, 4.69) is 23.7 Å². The van der Waals surface area contributed by atoms with Crippen LogP contribution in [0, 0.1) is 5.82 Å². The van der Waals surface area contributed by atoms with E-state index < -0.39 is 18.2 Å². The molecule has 3 rings (SSSR count). The number of rotatable bonds is 10. The average Bonchev–Trinajstić information content (AvgIpc) is 3.28. The molecule has 0 spiro atoms. The maximum Gasteiger partial charge on any atom is 0.307 e. The fourth-order valence-electron chi connectivity index (χ4n) is 2.83. The third-order valence-electron chi connectivity index (χ3n) is 4.30. The molecule has 2 aromatic carbocycles. The van der Waals surface area contributed by atoms with Gasteiger partial charge in [0, 0.05) is 10.4 Å². The van der Waals surface area contributed by atoms with Crippen molar-refractivity contribution in [2.24, 2.45) is 0 Å². The Morgan fingerprint density at radius 3 is 2.60 bits per heavy atom. The summed E-state index contributed by atoms with van der Waals surface area (Å²) in [5, 5.41) is 10.9. The van der Waals surface area contributed by atoms with E-state index in [1.54, 1.807) is 17.4 Å². The highest BCUT2D eigenvalue weighted by Crippen LogP contribution is 2.26. The van der Waals surface area contributed by atoms with Gasteiger partial charge in [-0.05, 0) is 35.6 Å². The van der Waals surface area contributed by atoms with Crippen molar-refractivity contribution in [2.75, 3.05) is 13.2 Å². The molecular weight excluding hydrogens is 405 g/mol. The summed E-state index contributed by atoms with van der Waals surface area (Å²) in [6, 6.07) is 16.7. The monoisotopic (exact) mass is 427 g/mol. The molecule has 0 unspecified atom stereocenters. The van der Waals surface area contributed by atoms with Gasteiger partial charge in [-0.3, -0.25) is 15.1 Å². The molecule has 5 nitrogen and oxygen atoms in total. The molecule has 156 valence electrons. The normalized spacial score (nSPS) is 11.3. The quantitative estimate of drug-likeness (QED) is 0.346. The molecule has 0 saturated heterocycles. The van der Waals surface area contributed by atoms with Crippen LogP contribution >= 0.6 is 11.3 Å². The Morgan fingerprint density at radius 2 is 1.93 bits per heavy atom. The molecule has 1 aromatic heterocycles. The van der Waals surface area contributed by atoms with Crippen LogP contribution in [0.4, 0.5) is 4.39 Å². The number of hydroxylamine groups is 1. The lowest BCUT2D eigenvalue weighted by atomic mass is 10.1. The number of aliphatic carboxylic acids is 1. The average molecular weight is 427 g/mol. The minimum Gasteiger partial charge on any atom is -0.488 e. The molecule has 0 aliphatic carbocycles. The van der Waals surface area contributed by atoms with Crippen LogP contribution in [-0.4, -0.2) is 24.3 Å². The Morgan fingerprint density at radius 1 is 1.13 bits per heavy atom. The van der Waals surface area contributed by atoms with E-state index >= 15 is 0 Å². The van der Waals surface area contributed by atoms with E-state index in [1.807, 2.05) is 36.6 Å². The smallest absolute Gasteiger partial charge is 0.307 e. The topological polar surface area (TPSA) is 67.8 Å². The number of hydrogen-bond acceptors (Lipinski definition) is 5. The standard InChI is InChI=1S/C23H22FNO4S/c1-2-19(16-8-10-17(11-9-16)21-7-4-14-30-21)25-29-13-12-28-20-6-3-5-18(23(20)24)15-22(26)27/h2-11,14,25H,12-13,15H2,1H3,(H,26,27). The van der Waals surface area contributed by atoms with E-state index in [9.17, 15) is 9.18 Å². The summed E-state index contributed by atoms with van der Waals surface area (Å²) >= 11 is 1.69. The number of thiophene rings is 1. The zero-order valence-corrected chi connectivity index (χ0v) is 17.2. The van der Waals surface area contributed by atoms with Crippen molar-refractivity contribution >= 4 is 23.0 Å². The third kappa shape index (κ3) is 5.68. The molecule has 1 heterocycles. The van der Waals surface area contributed by atoms with Crippen LogP contribution in [0.3, 0.4) is 0 Å². The van der Waals surface area contributed by atoms with E-state index in [-0.39, 0.29) is 24.5 Å². The van der Waals surface area contributed by atoms with Crippen molar-refractivity contribution in [3.8, 4) is 16.2 Å². The molecule has 30 heavy (non-hydrogen) atoms. The van der Waals surface area contributed by atoms with Crippen molar-refractivity contribution in [1.82, 2.24) is 5.48 Å². The second kappa shape index (κ2) is 10.6. The van der Waals surface area contributed by atoms with Gasteiger partial charge in [-0.15, -0.1) is 11.3 Å². The molecule has 0 bridgehead atoms. The molecule has 0 amide bonds. The molecule has 0 radical (unpaired) electrons. The molecule has 0 saturated carbocycles.